The van der Waals surface area contributed by atoms with E-state index in [1.165, 1.54) is 5.56 Å². The van der Waals surface area contributed by atoms with Gasteiger partial charge in [-0.3, -0.25) is 0 Å². The van der Waals surface area contributed by atoms with Crippen LogP contribution in [0.1, 0.15) is 31.1 Å². The molecule has 0 spiro atoms. The highest BCUT2D eigenvalue weighted by atomic mass is 15.5. The molecule has 0 saturated heterocycles. The smallest absolute Gasteiger partial charge is 0.176 e. The van der Waals surface area contributed by atoms with Crippen molar-refractivity contribution in [2.45, 2.75) is 40.3 Å². The number of nitrogens with zero attached hydrogens (tertiary/aromatic N) is 7. The van der Waals surface area contributed by atoms with Crippen LogP contribution in [0.3, 0.4) is 0 Å². The molecule has 8 heteroatoms. The van der Waals surface area contributed by atoms with Crippen LogP contribution in [0.15, 0.2) is 30.6 Å². The molecule has 0 unspecified atom stereocenters. The molecule has 0 atom stereocenters. The Balaban J connectivity index is 1.78. The van der Waals surface area contributed by atoms with Crippen molar-refractivity contribution in [3.8, 4) is 0 Å². The van der Waals surface area contributed by atoms with E-state index < -0.39 is 0 Å². The molecule has 1 aromatic carbocycles. The Bertz CT molecular complexity index is 760. The van der Waals surface area contributed by atoms with Crippen LogP contribution in [0.2, 0.25) is 0 Å². The number of rotatable bonds is 8. The fourth-order valence-electron chi connectivity index (χ4n) is 2.66. The molecule has 25 heavy (non-hydrogen) atoms. The van der Waals surface area contributed by atoms with E-state index in [2.05, 4.69) is 80.6 Å². The number of H-pyrrole nitrogens is 1. The lowest BCUT2D eigenvalue weighted by molar-refractivity contribution is 0.463. The first-order valence-corrected chi connectivity index (χ1v) is 8.52. The number of hydrogen-bond donors (Lipinski definition) is 1. The Labute approximate surface area is 147 Å². The highest BCUT2D eigenvalue weighted by molar-refractivity contribution is 5.47. The van der Waals surface area contributed by atoms with Crippen LogP contribution in [-0.4, -0.2) is 41.9 Å². The third kappa shape index (κ3) is 4.62. The summed E-state index contributed by atoms with van der Waals surface area (Å²) in [6.45, 7) is 8.78. The van der Waals surface area contributed by atoms with E-state index in [0.717, 1.165) is 24.6 Å². The van der Waals surface area contributed by atoms with E-state index in [1.807, 2.05) is 4.68 Å². The SMILES string of the molecule is Cc1ccc(N(CCc2nn[nH]n2)Cc2ncnn2CC(C)C)cc1. The van der Waals surface area contributed by atoms with Gasteiger partial charge in [0.2, 0.25) is 0 Å². The Kier molecular flexibility index (Phi) is 5.37. The van der Waals surface area contributed by atoms with Gasteiger partial charge >= 0.3 is 0 Å². The van der Waals surface area contributed by atoms with Crippen molar-refractivity contribution in [1.82, 2.24) is 35.4 Å². The average Bonchev–Trinajstić information content (AvgIpc) is 3.24. The Morgan fingerprint density at radius 3 is 2.68 bits per heavy atom. The molecular formula is C17H24N8. The van der Waals surface area contributed by atoms with Gasteiger partial charge in [0.1, 0.15) is 12.2 Å². The van der Waals surface area contributed by atoms with Gasteiger partial charge in [0, 0.05) is 25.2 Å². The molecule has 0 radical (unpaired) electrons. The third-order valence-electron chi connectivity index (χ3n) is 3.96. The van der Waals surface area contributed by atoms with Gasteiger partial charge in [-0.15, -0.1) is 10.2 Å². The Hall–Kier alpha value is -2.77. The fourth-order valence-corrected chi connectivity index (χ4v) is 2.66. The molecule has 0 aliphatic carbocycles. The molecule has 0 aliphatic heterocycles. The summed E-state index contributed by atoms with van der Waals surface area (Å²) in [5, 5.41) is 18.6. The minimum Gasteiger partial charge on any atom is -0.364 e. The molecule has 1 N–H and O–H groups in total. The first-order chi connectivity index (χ1) is 12.1. The second-order valence-electron chi connectivity index (χ2n) is 6.59. The highest BCUT2D eigenvalue weighted by Crippen LogP contribution is 2.18. The topological polar surface area (TPSA) is 88.4 Å². The van der Waals surface area contributed by atoms with E-state index in [1.54, 1.807) is 6.33 Å². The molecule has 2 heterocycles. The zero-order valence-electron chi connectivity index (χ0n) is 14.9. The third-order valence-corrected chi connectivity index (χ3v) is 3.96. The van der Waals surface area contributed by atoms with Crippen molar-refractivity contribution in [2.24, 2.45) is 5.92 Å². The van der Waals surface area contributed by atoms with Gasteiger partial charge in [0.05, 0.1) is 6.54 Å². The number of anilines is 1. The van der Waals surface area contributed by atoms with E-state index in [0.29, 0.717) is 24.7 Å². The van der Waals surface area contributed by atoms with Crippen molar-refractivity contribution < 1.29 is 0 Å². The average molecular weight is 340 g/mol. The van der Waals surface area contributed by atoms with Crippen molar-refractivity contribution >= 4 is 5.69 Å². The predicted molar refractivity (Wildman–Crippen MR) is 95.0 cm³/mol. The van der Waals surface area contributed by atoms with Crippen molar-refractivity contribution in [3.63, 3.8) is 0 Å². The summed E-state index contributed by atoms with van der Waals surface area (Å²) in [7, 11) is 0. The van der Waals surface area contributed by atoms with E-state index in [-0.39, 0.29) is 0 Å². The summed E-state index contributed by atoms with van der Waals surface area (Å²) in [4.78, 5) is 6.73. The fraction of sp³-hybridized carbons (Fsp3) is 0.471. The molecule has 3 aromatic rings. The number of aromatic amines is 1. The zero-order valence-corrected chi connectivity index (χ0v) is 14.9. The van der Waals surface area contributed by atoms with Gasteiger partial charge in [-0.2, -0.15) is 10.3 Å². The molecule has 0 fully saturated rings. The summed E-state index contributed by atoms with van der Waals surface area (Å²) >= 11 is 0. The lowest BCUT2D eigenvalue weighted by atomic mass is 10.2. The summed E-state index contributed by atoms with van der Waals surface area (Å²) in [5.74, 6) is 2.19. The van der Waals surface area contributed by atoms with Crippen molar-refractivity contribution in [1.29, 1.82) is 0 Å². The number of hydrogen-bond acceptors (Lipinski definition) is 6. The summed E-state index contributed by atoms with van der Waals surface area (Å²) in [6, 6.07) is 8.51. The largest absolute Gasteiger partial charge is 0.364 e. The number of aryl methyl sites for hydroxylation is 1. The molecule has 0 saturated carbocycles. The van der Waals surface area contributed by atoms with Crippen molar-refractivity contribution in [2.75, 3.05) is 11.4 Å². The lowest BCUT2D eigenvalue weighted by Crippen LogP contribution is -2.28. The minimum absolute atomic E-state index is 0.521. The van der Waals surface area contributed by atoms with Gasteiger partial charge in [-0.05, 0) is 25.0 Å². The second-order valence-corrected chi connectivity index (χ2v) is 6.59. The van der Waals surface area contributed by atoms with Gasteiger partial charge < -0.3 is 4.90 Å². The summed E-state index contributed by atoms with van der Waals surface area (Å²) in [5.41, 5.74) is 2.39. The predicted octanol–water partition coefficient (Wildman–Crippen LogP) is 2.00. The van der Waals surface area contributed by atoms with Crippen LogP contribution < -0.4 is 4.90 Å². The molecule has 0 amide bonds. The van der Waals surface area contributed by atoms with Gasteiger partial charge in [-0.1, -0.05) is 36.8 Å². The first kappa shape index (κ1) is 17.1. The van der Waals surface area contributed by atoms with Crippen LogP contribution in [0.5, 0.6) is 0 Å². The molecule has 0 aliphatic rings. The highest BCUT2D eigenvalue weighted by Gasteiger charge is 2.14. The number of tetrazole rings is 1. The normalized spacial score (nSPS) is 11.2. The summed E-state index contributed by atoms with van der Waals surface area (Å²) in [6.07, 6.45) is 2.34. The van der Waals surface area contributed by atoms with E-state index >= 15 is 0 Å². The van der Waals surface area contributed by atoms with Crippen LogP contribution in [0.4, 0.5) is 5.69 Å². The Morgan fingerprint density at radius 2 is 2.00 bits per heavy atom. The monoisotopic (exact) mass is 340 g/mol. The quantitative estimate of drug-likeness (QED) is 0.675. The van der Waals surface area contributed by atoms with Crippen LogP contribution in [0, 0.1) is 12.8 Å². The minimum atomic E-state index is 0.521. The second kappa shape index (κ2) is 7.87. The van der Waals surface area contributed by atoms with Gasteiger partial charge in [0.25, 0.3) is 0 Å². The molecule has 132 valence electrons. The number of aromatic nitrogens is 7. The number of nitrogens with one attached hydrogen (secondary N) is 1. The van der Waals surface area contributed by atoms with Gasteiger partial charge in [-0.25, -0.2) is 9.67 Å². The lowest BCUT2D eigenvalue weighted by Gasteiger charge is -2.24. The molecule has 8 nitrogen and oxygen atoms in total. The molecule has 2 aromatic heterocycles. The standard InChI is InChI=1S/C17H24N8/c1-13(2)10-25-17(18-12-19-25)11-24(9-8-16-20-22-23-21-16)15-6-4-14(3)5-7-15/h4-7,12-13H,8-11H2,1-3H3,(H,20,21,22,23). The molecule has 3 rings (SSSR count). The van der Waals surface area contributed by atoms with Crippen LogP contribution in [-0.2, 0) is 19.5 Å². The summed E-state index contributed by atoms with van der Waals surface area (Å²) < 4.78 is 1.99. The zero-order chi connectivity index (χ0) is 17.6. The van der Waals surface area contributed by atoms with Crippen molar-refractivity contribution in [3.05, 3.63) is 47.8 Å². The van der Waals surface area contributed by atoms with Crippen LogP contribution in [0.25, 0.3) is 0 Å². The number of benzene rings is 1. The first-order valence-electron chi connectivity index (χ1n) is 8.52. The maximum atomic E-state index is 4.46. The molecule has 0 bridgehead atoms. The van der Waals surface area contributed by atoms with E-state index in [9.17, 15) is 0 Å². The van der Waals surface area contributed by atoms with E-state index in [4.69, 9.17) is 0 Å². The van der Waals surface area contributed by atoms with Crippen LogP contribution >= 0.6 is 0 Å². The Morgan fingerprint density at radius 1 is 1.20 bits per heavy atom. The molecular weight excluding hydrogens is 316 g/mol. The maximum Gasteiger partial charge on any atom is 0.176 e. The van der Waals surface area contributed by atoms with Gasteiger partial charge in [0.15, 0.2) is 5.82 Å². The maximum absolute atomic E-state index is 4.46.